The monoisotopic (exact) mass is 263 g/mol. The van der Waals surface area contributed by atoms with Crippen molar-refractivity contribution in [2.75, 3.05) is 20.6 Å². The molecule has 2 heteroatoms. The molecular formula is C17H31N2+. The Morgan fingerprint density at radius 3 is 2.26 bits per heavy atom. The second-order valence-electron chi connectivity index (χ2n) is 5.87. The lowest BCUT2D eigenvalue weighted by molar-refractivity contribution is -0.963. The molecule has 19 heavy (non-hydrogen) atoms. The molecule has 0 fully saturated rings. The van der Waals surface area contributed by atoms with E-state index in [-0.39, 0.29) is 0 Å². The van der Waals surface area contributed by atoms with E-state index in [0.717, 1.165) is 11.1 Å². The van der Waals surface area contributed by atoms with Crippen molar-refractivity contribution in [3.8, 4) is 0 Å². The van der Waals surface area contributed by atoms with Crippen LogP contribution < -0.4 is 5.43 Å². The first-order valence-corrected chi connectivity index (χ1v) is 7.75. The molecule has 108 valence electrons. The summed E-state index contributed by atoms with van der Waals surface area (Å²) in [4.78, 5) is 0. The Morgan fingerprint density at radius 2 is 1.68 bits per heavy atom. The summed E-state index contributed by atoms with van der Waals surface area (Å²) in [6, 6.07) is 11.5. The van der Waals surface area contributed by atoms with Gasteiger partial charge in [0.2, 0.25) is 0 Å². The summed E-state index contributed by atoms with van der Waals surface area (Å²) in [6.07, 6.45) is 6.36. The molecule has 1 unspecified atom stereocenters. The maximum atomic E-state index is 3.67. The Bertz CT molecular complexity index is 332. The summed E-state index contributed by atoms with van der Waals surface area (Å²) in [7, 11) is 4.58. The molecular weight excluding hydrogens is 232 g/mol. The Labute approximate surface area is 119 Å². The fourth-order valence-electron chi connectivity index (χ4n) is 2.64. The van der Waals surface area contributed by atoms with Gasteiger partial charge in [-0.05, 0) is 12.8 Å². The van der Waals surface area contributed by atoms with Gasteiger partial charge in [-0.15, -0.1) is 0 Å². The Hall–Kier alpha value is -0.860. The SMILES string of the molecule is CCCCCC(c1ccccc1)[N+](C)(C)NCCC. The molecule has 0 amide bonds. The molecule has 1 rings (SSSR count). The van der Waals surface area contributed by atoms with Crippen molar-refractivity contribution in [3.63, 3.8) is 0 Å². The molecule has 2 nitrogen and oxygen atoms in total. The maximum absolute atomic E-state index is 3.67. The fraction of sp³-hybridized carbons (Fsp3) is 0.647. The van der Waals surface area contributed by atoms with Crippen molar-refractivity contribution in [2.45, 2.75) is 52.0 Å². The fourth-order valence-corrected chi connectivity index (χ4v) is 2.64. The van der Waals surface area contributed by atoms with Crippen LogP contribution in [0.3, 0.4) is 0 Å². The van der Waals surface area contributed by atoms with Crippen LogP contribution in [-0.4, -0.2) is 25.2 Å². The highest BCUT2D eigenvalue weighted by molar-refractivity contribution is 5.17. The van der Waals surface area contributed by atoms with E-state index in [2.05, 4.69) is 63.7 Å². The quantitative estimate of drug-likeness (QED) is 0.398. The minimum atomic E-state index is 0.541. The molecule has 0 spiro atoms. The van der Waals surface area contributed by atoms with Gasteiger partial charge >= 0.3 is 0 Å². The molecule has 0 saturated heterocycles. The van der Waals surface area contributed by atoms with Crippen LogP contribution in [-0.2, 0) is 0 Å². The molecule has 0 aliphatic heterocycles. The van der Waals surface area contributed by atoms with E-state index in [1.54, 1.807) is 0 Å². The minimum Gasteiger partial charge on any atom is -0.244 e. The molecule has 0 aliphatic carbocycles. The van der Waals surface area contributed by atoms with Crippen molar-refractivity contribution in [2.24, 2.45) is 0 Å². The number of benzene rings is 1. The van der Waals surface area contributed by atoms with E-state index in [1.165, 1.54) is 37.7 Å². The highest BCUT2D eigenvalue weighted by Crippen LogP contribution is 2.28. The van der Waals surface area contributed by atoms with Gasteiger partial charge < -0.3 is 0 Å². The van der Waals surface area contributed by atoms with Crippen LogP contribution in [0, 0.1) is 0 Å². The lowest BCUT2D eigenvalue weighted by atomic mass is 9.99. The van der Waals surface area contributed by atoms with Gasteiger partial charge in [0.05, 0.1) is 14.1 Å². The van der Waals surface area contributed by atoms with E-state index in [4.69, 9.17) is 0 Å². The second kappa shape index (κ2) is 8.34. The molecule has 0 aliphatic rings. The summed E-state index contributed by atoms with van der Waals surface area (Å²) in [6.45, 7) is 5.57. The number of rotatable bonds is 9. The molecule has 1 aromatic carbocycles. The molecule has 1 atom stereocenters. The van der Waals surface area contributed by atoms with Crippen molar-refractivity contribution < 1.29 is 4.59 Å². The van der Waals surface area contributed by atoms with E-state index < -0.39 is 0 Å². The summed E-state index contributed by atoms with van der Waals surface area (Å²) >= 11 is 0. The van der Waals surface area contributed by atoms with E-state index in [9.17, 15) is 0 Å². The van der Waals surface area contributed by atoms with Crippen molar-refractivity contribution in [1.29, 1.82) is 0 Å². The summed E-state index contributed by atoms with van der Waals surface area (Å²) < 4.78 is 0.877. The number of quaternary nitrogens is 1. The predicted octanol–water partition coefficient (Wildman–Crippen LogP) is 4.30. The van der Waals surface area contributed by atoms with Gasteiger partial charge in [0.25, 0.3) is 0 Å². The number of hydrogen-bond donors (Lipinski definition) is 1. The van der Waals surface area contributed by atoms with Gasteiger partial charge in [-0.25, -0.2) is 4.59 Å². The summed E-state index contributed by atoms with van der Waals surface area (Å²) in [5, 5.41) is 0. The highest BCUT2D eigenvalue weighted by atomic mass is 15.6. The predicted molar refractivity (Wildman–Crippen MR) is 83.7 cm³/mol. The van der Waals surface area contributed by atoms with E-state index in [1.807, 2.05) is 0 Å². The van der Waals surface area contributed by atoms with Crippen LogP contribution in [0.4, 0.5) is 0 Å². The smallest absolute Gasteiger partial charge is 0.132 e. The maximum Gasteiger partial charge on any atom is 0.132 e. The molecule has 0 aromatic heterocycles. The first-order chi connectivity index (χ1) is 9.11. The molecule has 0 heterocycles. The zero-order valence-electron chi connectivity index (χ0n) is 13.2. The van der Waals surface area contributed by atoms with Gasteiger partial charge in [-0.3, -0.25) is 0 Å². The first kappa shape index (κ1) is 16.2. The third kappa shape index (κ3) is 5.33. The topological polar surface area (TPSA) is 12.0 Å². The first-order valence-electron chi connectivity index (χ1n) is 7.75. The Balaban J connectivity index is 2.79. The average molecular weight is 263 g/mol. The van der Waals surface area contributed by atoms with Gasteiger partial charge in [0.1, 0.15) is 6.04 Å². The average Bonchev–Trinajstić information content (AvgIpc) is 2.42. The molecule has 0 radical (unpaired) electrons. The largest absolute Gasteiger partial charge is 0.244 e. The molecule has 0 saturated carbocycles. The number of hydrogen-bond acceptors (Lipinski definition) is 1. The van der Waals surface area contributed by atoms with Crippen LogP contribution in [0.2, 0.25) is 0 Å². The van der Waals surface area contributed by atoms with Crippen molar-refractivity contribution in [1.82, 2.24) is 5.43 Å². The van der Waals surface area contributed by atoms with Crippen LogP contribution in [0.1, 0.15) is 57.6 Å². The van der Waals surface area contributed by atoms with Crippen molar-refractivity contribution >= 4 is 0 Å². The zero-order chi connectivity index (χ0) is 14.1. The van der Waals surface area contributed by atoms with Gasteiger partial charge in [0, 0.05) is 18.5 Å². The van der Waals surface area contributed by atoms with Crippen LogP contribution in [0.25, 0.3) is 0 Å². The number of unbranched alkanes of at least 4 members (excludes halogenated alkanes) is 2. The van der Waals surface area contributed by atoms with Crippen LogP contribution >= 0.6 is 0 Å². The van der Waals surface area contributed by atoms with Gasteiger partial charge in [-0.1, -0.05) is 57.0 Å². The Morgan fingerprint density at radius 1 is 1.00 bits per heavy atom. The minimum absolute atomic E-state index is 0.541. The third-order valence-electron chi connectivity index (χ3n) is 3.81. The molecule has 0 bridgehead atoms. The number of nitrogens with zero attached hydrogens (tertiary/aromatic N) is 1. The molecule has 1 aromatic rings. The zero-order valence-corrected chi connectivity index (χ0v) is 13.2. The van der Waals surface area contributed by atoms with Gasteiger partial charge in [0.15, 0.2) is 0 Å². The molecule has 1 N–H and O–H groups in total. The standard InChI is InChI=1S/C17H31N2/c1-5-7-9-14-17(16-12-10-8-11-13-16)19(3,4)18-15-6-2/h8,10-13,17-18H,5-7,9,14-15H2,1-4H3/q+1. The van der Waals surface area contributed by atoms with E-state index >= 15 is 0 Å². The summed E-state index contributed by atoms with van der Waals surface area (Å²) in [5.74, 6) is 0. The third-order valence-corrected chi connectivity index (χ3v) is 3.81. The van der Waals surface area contributed by atoms with Crippen molar-refractivity contribution in [3.05, 3.63) is 35.9 Å². The van der Waals surface area contributed by atoms with Crippen LogP contribution in [0.5, 0.6) is 0 Å². The van der Waals surface area contributed by atoms with E-state index in [0.29, 0.717) is 6.04 Å². The van der Waals surface area contributed by atoms with Crippen LogP contribution in [0.15, 0.2) is 30.3 Å². The number of nitrogens with one attached hydrogen (secondary N) is 1. The lowest BCUT2D eigenvalue weighted by Crippen LogP contribution is -2.54. The lowest BCUT2D eigenvalue weighted by Gasteiger charge is -2.38. The normalized spacial score (nSPS) is 13.5. The highest BCUT2D eigenvalue weighted by Gasteiger charge is 2.29. The summed E-state index contributed by atoms with van der Waals surface area (Å²) in [5.41, 5.74) is 5.12. The second-order valence-corrected chi connectivity index (χ2v) is 5.87. The Kier molecular flexibility index (Phi) is 7.11. The van der Waals surface area contributed by atoms with Gasteiger partial charge in [-0.2, -0.15) is 5.43 Å².